The second-order valence-corrected chi connectivity index (χ2v) is 5.28. The first-order valence-electron chi connectivity index (χ1n) is 6.88. The van der Waals surface area contributed by atoms with Crippen LogP contribution in [0.5, 0.6) is 0 Å². The van der Waals surface area contributed by atoms with E-state index in [0.717, 1.165) is 45.1 Å². The first-order chi connectivity index (χ1) is 8.65. The van der Waals surface area contributed by atoms with Crippen molar-refractivity contribution in [2.75, 3.05) is 13.1 Å². The van der Waals surface area contributed by atoms with E-state index in [1.165, 1.54) is 6.92 Å². The SMILES string of the molecule is CC(=O)NC1CCCN(C(=O)OC2CCCC2)C1. The van der Waals surface area contributed by atoms with E-state index in [-0.39, 0.29) is 24.1 Å². The van der Waals surface area contributed by atoms with Crippen LogP contribution in [0.3, 0.4) is 0 Å². The Bertz CT molecular complexity index is 313. The molecule has 2 rings (SSSR count). The Labute approximate surface area is 108 Å². The number of amides is 2. The lowest BCUT2D eigenvalue weighted by Gasteiger charge is -2.32. The molecule has 0 radical (unpaired) electrons. The molecule has 1 unspecified atom stereocenters. The molecule has 0 bridgehead atoms. The molecule has 2 fully saturated rings. The Morgan fingerprint density at radius 3 is 2.56 bits per heavy atom. The fourth-order valence-electron chi connectivity index (χ4n) is 2.77. The van der Waals surface area contributed by atoms with E-state index in [9.17, 15) is 9.59 Å². The van der Waals surface area contributed by atoms with E-state index in [1.54, 1.807) is 4.90 Å². The highest BCUT2D eigenvalue weighted by Crippen LogP contribution is 2.22. The summed E-state index contributed by atoms with van der Waals surface area (Å²) in [5.41, 5.74) is 0. The Hall–Kier alpha value is -1.26. The smallest absolute Gasteiger partial charge is 0.410 e. The van der Waals surface area contributed by atoms with Gasteiger partial charge >= 0.3 is 6.09 Å². The third kappa shape index (κ3) is 3.62. The number of ether oxygens (including phenoxy) is 1. The average Bonchev–Trinajstić information content (AvgIpc) is 2.81. The lowest BCUT2D eigenvalue weighted by molar-refractivity contribution is -0.120. The molecule has 102 valence electrons. The molecular weight excluding hydrogens is 232 g/mol. The largest absolute Gasteiger partial charge is 0.446 e. The number of nitrogens with one attached hydrogen (secondary N) is 1. The third-order valence-electron chi connectivity index (χ3n) is 3.66. The lowest BCUT2D eigenvalue weighted by Crippen LogP contribution is -2.49. The minimum Gasteiger partial charge on any atom is -0.446 e. The van der Waals surface area contributed by atoms with Crippen molar-refractivity contribution >= 4 is 12.0 Å². The number of carbonyl (C=O) groups excluding carboxylic acids is 2. The highest BCUT2D eigenvalue weighted by molar-refractivity contribution is 5.73. The van der Waals surface area contributed by atoms with Gasteiger partial charge in [0.15, 0.2) is 0 Å². The zero-order chi connectivity index (χ0) is 13.0. The van der Waals surface area contributed by atoms with Crippen LogP contribution < -0.4 is 5.32 Å². The molecule has 2 aliphatic rings. The maximum atomic E-state index is 12.0. The molecule has 0 aromatic heterocycles. The van der Waals surface area contributed by atoms with Crippen molar-refractivity contribution in [3.05, 3.63) is 0 Å². The number of rotatable bonds is 2. The molecule has 1 saturated carbocycles. The summed E-state index contributed by atoms with van der Waals surface area (Å²) >= 11 is 0. The van der Waals surface area contributed by atoms with Crippen LogP contribution in [0.25, 0.3) is 0 Å². The average molecular weight is 254 g/mol. The maximum absolute atomic E-state index is 12.0. The van der Waals surface area contributed by atoms with Gasteiger partial charge in [-0.1, -0.05) is 0 Å². The van der Waals surface area contributed by atoms with Crippen molar-refractivity contribution in [2.45, 2.75) is 57.6 Å². The number of piperidine rings is 1. The van der Waals surface area contributed by atoms with Gasteiger partial charge < -0.3 is 15.0 Å². The standard InChI is InChI=1S/C13H22N2O3/c1-10(16)14-11-5-4-8-15(9-11)13(17)18-12-6-2-3-7-12/h11-12H,2-9H2,1H3,(H,14,16). The van der Waals surface area contributed by atoms with Gasteiger partial charge in [0, 0.05) is 26.1 Å². The molecule has 2 amide bonds. The molecule has 1 aliphatic carbocycles. The van der Waals surface area contributed by atoms with Gasteiger partial charge in [-0.3, -0.25) is 4.79 Å². The summed E-state index contributed by atoms with van der Waals surface area (Å²) in [6.07, 6.45) is 6.07. The number of hydrogen-bond acceptors (Lipinski definition) is 3. The van der Waals surface area contributed by atoms with Crippen LogP contribution in [-0.4, -0.2) is 42.1 Å². The van der Waals surface area contributed by atoms with Crippen molar-refractivity contribution in [2.24, 2.45) is 0 Å². The van der Waals surface area contributed by atoms with E-state index in [2.05, 4.69) is 5.32 Å². The van der Waals surface area contributed by atoms with Crippen LogP contribution in [-0.2, 0) is 9.53 Å². The van der Waals surface area contributed by atoms with Gasteiger partial charge in [0.1, 0.15) is 6.10 Å². The van der Waals surface area contributed by atoms with E-state index < -0.39 is 0 Å². The Morgan fingerprint density at radius 1 is 1.17 bits per heavy atom. The second-order valence-electron chi connectivity index (χ2n) is 5.28. The molecule has 1 N–H and O–H groups in total. The summed E-state index contributed by atoms with van der Waals surface area (Å²) < 4.78 is 5.48. The van der Waals surface area contributed by atoms with Crippen LogP contribution in [0.15, 0.2) is 0 Å². The molecule has 0 aromatic rings. The monoisotopic (exact) mass is 254 g/mol. The van der Waals surface area contributed by atoms with Crippen LogP contribution in [0.2, 0.25) is 0 Å². The van der Waals surface area contributed by atoms with E-state index in [0.29, 0.717) is 6.54 Å². The predicted octanol–water partition coefficient (Wildman–Crippen LogP) is 1.67. The molecule has 1 atom stereocenters. The van der Waals surface area contributed by atoms with E-state index >= 15 is 0 Å². The summed E-state index contributed by atoms with van der Waals surface area (Å²) in [6, 6.07) is 0.0763. The molecule has 1 saturated heterocycles. The topological polar surface area (TPSA) is 58.6 Å². The quantitative estimate of drug-likeness (QED) is 0.815. The number of hydrogen-bond donors (Lipinski definition) is 1. The van der Waals surface area contributed by atoms with Crippen LogP contribution in [0, 0.1) is 0 Å². The van der Waals surface area contributed by atoms with Gasteiger partial charge in [0.2, 0.25) is 5.91 Å². The van der Waals surface area contributed by atoms with Crippen molar-refractivity contribution < 1.29 is 14.3 Å². The van der Waals surface area contributed by atoms with Crippen LogP contribution >= 0.6 is 0 Å². The van der Waals surface area contributed by atoms with Crippen LogP contribution in [0.4, 0.5) is 4.79 Å². The first kappa shape index (κ1) is 13.2. The molecule has 5 nitrogen and oxygen atoms in total. The molecule has 1 heterocycles. The van der Waals surface area contributed by atoms with E-state index in [4.69, 9.17) is 4.74 Å². The summed E-state index contributed by atoms with van der Waals surface area (Å²) in [5, 5.41) is 2.87. The van der Waals surface area contributed by atoms with Gasteiger partial charge in [-0.15, -0.1) is 0 Å². The fourth-order valence-corrected chi connectivity index (χ4v) is 2.77. The second kappa shape index (κ2) is 6.07. The van der Waals surface area contributed by atoms with Gasteiger partial charge in [-0.05, 0) is 38.5 Å². The molecule has 5 heteroatoms. The molecule has 0 spiro atoms. The molecule has 1 aliphatic heterocycles. The van der Waals surface area contributed by atoms with Crippen molar-refractivity contribution in [1.82, 2.24) is 10.2 Å². The lowest BCUT2D eigenvalue weighted by atomic mass is 10.1. The Balaban J connectivity index is 1.79. The van der Waals surface area contributed by atoms with Gasteiger partial charge in [0.05, 0.1) is 0 Å². The summed E-state index contributed by atoms with van der Waals surface area (Å²) in [4.78, 5) is 24.7. The van der Waals surface area contributed by atoms with Crippen LogP contribution in [0.1, 0.15) is 45.4 Å². The summed E-state index contributed by atoms with van der Waals surface area (Å²) in [7, 11) is 0. The fraction of sp³-hybridized carbons (Fsp3) is 0.846. The minimum atomic E-state index is -0.211. The first-order valence-corrected chi connectivity index (χ1v) is 6.88. The molecule has 0 aromatic carbocycles. The van der Waals surface area contributed by atoms with Crippen molar-refractivity contribution in [3.63, 3.8) is 0 Å². The zero-order valence-electron chi connectivity index (χ0n) is 11.0. The number of carbonyl (C=O) groups is 2. The highest BCUT2D eigenvalue weighted by Gasteiger charge is 2.27. The van der Waals surface area contributed by atoms with Gasteiger partial charge in [0.25, 0.3) is 0 Å². The van der Waals surface area contributed by atoms with E-state index in [1.807, 2.05) is 0 Å². The number of nitrogens with zero attached hydrogens (tertiary/aromatic N) is 1. The molecular formula is C13H22N2O3. The minimum absolute atomic E-state index is 0.0361. The van der Waals surface area contributed by atoms with Crippen molar-refractivity contribution in [1.29, 1.82) is 0 Å². The Morgan fingerprint density at radius 2 is 1.89 bits per heavy atom. The summed E-state index contributed by atoms with van der Waals surface area (Å²) in [5.74, 6) is -0.0361. The van der Waals surface area contributed by atoms with Gasteiger partial charge in [-0.2, -0.15) is 0 Å². The highest BCUT2D eigenvalue weighted by atomic mass is 16.6. The maximum Gasteiger partial charge on any atom is 0.410 e. The predicted molar refractivity (Wildman–Crippen MR) is 67.1 cm³/mol. The summed E-state index contributed by atoms with van der Waals surface area (Å²) in [6.45, 7) is 2.82. The van der Waals surface area contributed by atoms with Crippen molar-refractivity contribution in [3.8, 4) is 0 Å². The Kier molecular flexibility index (Phi) is 4.44. The van der Waals surface area contributed by atoms with Gasteiger partial charge in [-0.25, -0.2) is 4.79 Å². The zero-order valence-corrected chi connectivity index (χ0v) is 11.0. The molecule has 18 heavy (non-hydrogen) atoms. The normalized spacial score (nSPS) is 24.9. The number of likely N-dealkylation sites (tertiary alicyclic amines) is 1. The third-order valence-corrected chi connectivity index (χ3v) is 3.66.